The lowest BCUT2D eigenvalue weighted by Gasteiger charge is -2.07. The van der Waals surface area contributed by atoms with E-state index in [1.165, 1.54) is 23.5 Å². The lowest BCUT2D eigenvalue weighted by atomic mass is 10.3. The summed E-state index contributed by atoms with van der Waals surface area (Å²) in [5, 5.41) is 0. The molecule has 3 aromatic rings. The van der Waals surface area contributed by atoms with E-state index in [2.05, 4.69) is 4.40 Å². The van der Waals surface area contributed by atoms with Crippen LogP contribution in [0.4, 0.5) is 0 Å². The summed E-state index contributed by atoms with van der Waals surface area (Å²) in [5.41, 5.74) is 0.819. The number of ether oxygens (including phenoxy) is 2. The van der Waals surface area contributed by atoms with Gasteiger partial charge in [0, 0.05) is 19.2 Å². The number of thiazole rings is 1. The first-order chi connectivity index (χ1) is 11.5. The van der Waals surface area contributed by atoms with E-state index in [-0.39, 0.29) is 4.90 Å². The fraction of sp³-hybridized carbons (Fsp3) is 0.188. The van der Waals surface area contributed by atoms with E-state index in [4.69, 9.17) is 9.47 Å². The average molecular weight is 364 g/mol. The van der Waals surface area contributed by atoms with Crippen molar-refractivity contribution in [1.29, 1.82) is 0 Å². The smallest absolute Gasteiger partial charge is 0.285 e. The molecule has 0 radical (unpaired) electrons. The van der Waals surface area contributed by atoms with Gasteiger partial charge in [0.05, 0.1) is 29.3 Å². The molecule has 0 saturated heterocycles. The highest BCUT2D eigenvalue weighted by atomic mass is 32.2. The molecule has 24 heavy (non-hydrogen) atoms. The molecule has 0 bridgehead atoms. The molecule has 2 aromatic carbocycles. The zero-order valence-corrected chi connectivity index (χ0v) is 15.0. The van der Waals surface area contributed by atoms with Crippen molar-refractivity contribution < 1.29 is 17.9 Å². The summed E-state index contributed by atoms with van der Waals surface area (Å²) in [7, 11) is 1.12. The number of sulfonamides is 1. The third-order valence-corrected chi connectivity index (χ3v) is 6.05. The van der Waals surface area contributed by atoms with Crippen LogP contribution in [0.15, 0.2) is 51.8 Å². The molecule has 1 heterocycles. The summed E-state index contributed by atoms with van der Waals surface area (Å²) in [6.45, 7) is 0. The number of nitrogens with zero attached hydrogens (tertiary/aromatic N) is 2. The van der Waals surface area contributed by atoms with Crippen LogP contribution in [-0.2, 0) is 17.1 Å². The molecule has 0 atom stereocenters. The van der Waals surface area contributed by atoms with Gasteiger partial charge in [-0.2, -0.15) is 8.42 Å². The van der Waals surface area contributed by atoms with E-state index in [1.54, 1.807) is 50.1 Å². The third kappa shape index (κ3) is 2.90. The molecule has 0 aliphatic rings. The van der Waals surface area contributed by atoms with Crippen LogP contribution in [0, 0.1) is 0 Å². The molecule has 8 heteroatoms. The van der Waals surface area contributed by atoms with Crippen molar-refractivity contribution in [2.75, 3.05) is 14.2 Å². The van der Waals surface area contributed by atoms with Crippen LogP contribution in [0.1, 0.15) is 0 Å². The Balaban J connectivity index is 2.22. The summed E-state index contributed by atoms with van der Waals surface area (Å²) in [6, 6.07) is 11.8. The first-order valence-electron chi connectivity index (χ1n) is 7.04. The van der Waals surface area contributed by atoms with Gasteiger partial charge in [-0.1, -0.05) is 29.5 Å². The average Bonchev–Trinajstić information content (AvgIpc) is 2.89. The SMILES string of the molecule is COc1cc2s/c(=N\S(=O)(=O)c3ccccc3)n(C)c2cc1OC. The molecule has 0 aliphatic heterocycles. The summed E-state index contributed by atoms with van der Waals surface area (Å²) in [5.74, 6) is 1.17. The maximum atomic E-state index is 12.5. The largest absolute Gasteiger partial charge is 0.493 e. The van der Waals surface area contributed by atoms with Gasteiger partial charge < -0.3 is 14.0 Å². The van der Waals surface area contributed by atoms with Gasteiger partial charge in [0.25, 0.3) is 10.0 Å². The first kappa shape index (κ1) is 16.5. The minimum absolute atomic E-state index is 0.164. The Kier molecular flexibility index (Phi) is 4.33. The quantitative estimate of drug-likeness (QED) is 0.713. The van der Waals surface area contributed by atoms with E-state index >= 15 is 0 Å². The highest BCUT2D eigenvalue weighted by molar-refractivity contribution is 7.90. The van der Waals surface area contributed by atoms with Crippen molar-refractivity contribution in [3.8, 4) is 11.5 Å². The van der Waals surface area contributed by atoms with Crippen LogP contribution in [0.3, 0.4) is 0 Å². The highest BCUT2D eigenvalue weighted by Gasteiger charge is 2.15. The molecule has 126 valence electrons. The molecule has 0 aliphatic carbocycles. The molecule has 0 amide bonds. The van der Waals surface area contributed by atoms with Gasteiger partial charge in [-0.3, -0.25) is 0 Å². The topological polar surface area (TPSA) is 69.9 Å². The molecular formula is C16H16N2O4S2. The standard InChI is InChI=1S/C16H16N2O4S2/c1-18-12-9-13(21-2)14(22-3)10-15(12)23-16(18)17-24(19,20)11-7-5-4-6-8-11/h4-10H,1-3H3/b17-16-. The minimum Gasteiger partial charge on any atom is -0.493 e. The molecular weight excluding hydrogens is 348 g/mol. The fourth-order valence-corrected chi connectivity index (χ4v) is 4.57. The van der Waals surface area contributed by atoms with Gasteiger partial charge in [-0.25, -0.2) is 0 Å². The predicted octanol–water partition coefficient (Wildman–Crippen LogP) is 2.55. The Morgan fingerprint density at radius 1 is 1.04 bits per heavy atom. The Hall–Kier alpha value is -2.32. The van der Waals surface area contributed by atoms with Gasteiger partial charge in [-0.05, 0) is 12.1 Å². The van der Waals surface area contributed by atoms with Crippen LogP contribution < -0.4 is 14.3 Å². The monoisotopic (exact) mass is 364 g/mol. The second-order valence-corrected chi connectivity index (χ2v) is 7.61. The molecule has 1 aromatic heterocycles. The maximum Gasteiger partial charge on any atom is 0.285 e. The van der Waals surface area contributed by atoms with E-state index in [9.17, 15) is 8.42 Å². The molecule has 0 saturated carbocycles. The summed E-state index contributed by atoms with van der Waals surface area (Å²) < 4.78 is 42.1. The van der Waals surface area contributed by atoms with Crippen molar-refractivity contribution in [3.05, 3.63) is 47.3 Å². The number of aromatic nitrogens is 1. The number of benzene rings is 2. The Bertz CT molecular complexity index is 1050. The molecule has 3 rings (SSSR count). The number of rotatable bonds is 4. The Morgan fingerprint density at radius 3 is 2.29 bits per heavy atom. The van der Waals surface area contributed by atoms with Crippen LogP contribution in [-0.4, -0.2) is 27.2 Å². The van der Waals surface area contributed by atoms with Gasteiger partial charge in [-0.15, -0.1) is 4.40 Å². The number of hydrogen-bond acceptors (Lipinski definition) is 5. The molecule has 0 spiro atoms. The van der Waals surface area contributed by atoms with Crippen molar-refractivity contribution in [2.45, 2.75) is 4.90 Å². The van der Waals surface area contributed by atoms with E-state index in [1.807, 2.05) is 6.07 Å². The maximum absolute atomic E-state index is 12.5. The lowest BCUT2D eigenvalue weighted by molar-refractivity contribution is 0.356. The van der Waals surface area contributed by atoms with Crippen molar-refractivity contribution in [1.82, 2.24) is 4.57 Å². The Labute approximate surface area is 143 Å². The third-order valence-electron chi connectivity index (χ3n) is 3.55. The summed E-state index contributed by atoms with van der Waals surface area (Å²) in [6.07, 6.45) is 0. The molecule has 0 fully saturated rings. The van der Waals surface area contributed by atoms with E-state index in [0.29, 0.717) is 16.3 Å². The van der Waals surface area contributed by atoms with Gasteiger partial charge in [0.1, 0.15) is 0 Å². The van der Waals surface area contributed by atoms with E-state index in [0.717, 1.165) is 10.2 Å². The van der Waals surface area contributed by atoms with Crippen LogP contribution in [0.2, 0.25) is 0 Å². The first-order valence-corrected chi connectivity index (χ1v) is 9.29. The van der Waals surface area contributed by atoms with Crippen LogP contribution >= 0.6 is 11.3 Å². The number of methoxy groups -OCH3 is 2. The number of fused-ring (bicyclic) bond motifs is 1. The molecule has 0 N–H and O–H groups in total. The van der Waals surface area contributed by atoms with Crippen molar-refractivity contribution in [3.63, 3.8) is 0 Å². The zero-order valence-electron chi connectivity index (χ0n) is 13.4. The molecule has 0 unspecified atom stereocenters. The number of hydrogen-bond donors (Lipinski definition) is 0. The molecule has 6 nitrogen and oxygen atoms in total. The predicted molar refractivity (Wildman–Crippen MR) is 93.1 cm³/mol. The van der Waals surface area contributed by atoms with Crippen molar-refractivity contribution in [2.24, 2.45) is 11.4 Å². The van der Waals surface area contributed by atoms with Gasteiger partial charge >= 0.3 is 0 Å². The zero-order chi connectivity index (χ0) is 17.3. The van der Waals surface area contributed by atoms with Gasteiger partial charge in [0.2, 0.25) is 4.80 Å². The van der Waals surface area contributed by atoms with Crippen LogP contribution in [0.5, 0.6) is 11.5 Å². The van der Waals surface area contributed by atoms with E-state index < -0.39 is 10.0 Å². The fourth-order valence-electron chi connectivity index (χ4n) is 2.29. The normalized spacial score (nSPS) is 12.5. The number of aryl methyl sites for hydroxylation is 1. The second kappa shape index (κ2) is 6.29. The second-order valence-electron chi connectivity index (χ2n) is 5.00. The summed E-state index contributed by atoms with van der Waals surface area (Å²) >= 11 is 1.28. The highest BCUT2D eigenvalue weighted by Crippen LogP contribution is 2.33. The Morgan fingerprint density at radius 2 is 1.67 bits per heavy atom. The van der Waals surface area contributed by atoms with Crippen molar-refractivity contribution >= 4 is 31.6 Å². The lowest BCUT2D eigenvalue weighted by Crippen LogP contribution is -2.13. The van der Waals surface area contributed by atoms with Crippen LogP contribution in [0.25, 0.3) is 10.2 Å². The van der Waals surface area contributed by atoms with Gasteiger partial charge in [0.15, 0.2) is 11.5 Å². The summed E-state index contributed by atoms with van der Waals surface area (Å²) in [4.78, 5) is 0.543. The minimum atomic E-state index is -3.76.